The third-order valence-electron chi connectivity index (χ3n) is 2.06. The average Bonchev–Trinajstić information content (AvgIpc) is 2.14. The fourth-order valence-electron chi connectivity index (χ4n) is 1.25. The first kappa shape index (κ1) is 14.8. The minimum Gasteiger partial charge on any atom is -0.383 e. The lowest BCUT2D eigenvalue weighted by molar-refractivity contribution is 0.171. The van der Waals surface area contributed by atoms with E-state index in [1.165, 1.54) is 4.31 Å². The summed E-state index contributed by atoms with van der Waals surface area (Å²) in [6, 6.07) is -0.0259. The van der Waals surface area contributed by atoms with Crippen molar-refractivity contribution in [1.29, 1.82) is 0 Å². The Morgan fingerprint density at radius 1 is 1.40 bits per heavy atom. The predicted octanol–water partition coefficient (Wildman–Crippen LogP) is -0.108. The molecular weight excluding hydrogens is 216 g/mol. The summed E-state index contributed by atoms with van der Waals surface area (Å²) in [6.07, 6.45) is 0. The molecule has 0 aliphatic rings. The van der Waals surface area contributed by atoms with Crippen LogP contribution in [0.5, 0.6) is 0 Å². The summed E-state index contributed by atoms with van der Waals surface area (Å²) in [5, 5.41) is 2.84. The van der Waals surface area contributed by atoms with E-state index in [1.54, 1.807) is 14.2 Å². The van der Waals surface area contributed by atoms with Crippen molar-refractivity contribution in [1.82, 2.24) is 9.62 Å². The molecule has 0 unspecified atom stereocenters. The van der Waals surface area contributed by atoms with Crippen LogP contribution in [0, 0.1) is 0 Å². The van der Waals surface area contributed by atoms with Crippen molar-refractivity contribution in [2.24, 2.45) is 0 Å². The second-order valence-corrected chi connectivity index (χ2v) is 5.66. The van der Waals surface area contributed by atoms with E-state index in [-0.39, 0.29) is 11.8 Å². The van der Waals surface area contributed by atoms with Crippen LogP contribution in [0.3, 0.4) is 0 Å². The summed E-state index contributed by atoms with van der Waals surface area (Å²) in [5.74, 6) is 0.130. The molecule has 92 valence electrons. The Morgan fingerprint density at radius 2 is 2.00 bits per heavy atom. The van der Waals surface area contributed by atoms with Crippen LogP contribution >= 0.6 is 0 Å². The molecule has 0 fully saturated rings. The largest absolute Gasteiger partial charge is 0.383 e. The van der Waals surface area contributed by atoms with E-state index in [1.807, 2.05) is 13.8 Å². The summed E-state index contributed by atoms with van der Waals surface area (Å²) in [4.78, 5) is 0. The summed E-state index contributed by atoms with van der Waals surface area (Å²) < 4.78 is 30.1. The molecule has 0 amide bonds. The molecule has 5 nitrogen and oxygen atoms in total. The van der Waals surface area contributed by atoms with Crippen molar-refractivity contribution >= 4 is 10.0 Å². The van der Waals surface area contributed by atoms with E-state index in [4.69, 9.17) is 4.74 Å². The first-order chi connectivity index (χ1) is 6.95. The van der Waals surface area contributed by atoms with Crippen LogP contribution in [0.25, 0.3) is 0 Å². The van der Waals surface area contributed by atoms with Crippen molar-refractivity contribution in [3.8, 4) is 0 Å². The molecule has 0 atom stereocenters. The number of nitrogens with one attached hydrogen (secondary N) is 1. The molecular formula is C9H22N2O3S. The molecule has 0 aromatic rings. The van der Waals surface area contributed by atoms with Gasteiger partial charge in [0, 0.05) is 26.2 Å². The van der Waals surface area contributed by atoms with E-state index in [2.05, 4.69) is 5.32 Å². The summed E-state index contributed by atoms with van der Waals surface area (Å²) >= 11 is 0. The number of ether oxygens (including phenoxy) is 1. The SMILES string of the molecule is CNCCS(=O)(=O)N(CCOC)C(C)C. The van der Waals surface area contributed by atoms with Gasteiger partial charge < -0.3 is 10.1 Å². The number of methoxy groups -OCH3 is 1. The van der Waals surface area contributed by atoms with Gasteiger partial charge in [0.2, 0.25) is 10.0 Å². The number of hydrogen-bond donors (Lipinski definition) is 1. The van der Waals surface area contributed by atoms with E-state index in [9.17, 15) is 8.42 Å². The number of nitrogens with zero attached hydrogens (tertiary/aromatic N) is 1. The molecule has 0 aliphatic carbocycles. The van der Waals surface area contributed by atoms with E-state index >= 15 is 0 Å². The van der Waals surface area contributed by atoms with Crippen LogP contribution in [0.2, 0.25) is 0 Å². The lowest BCUT2D eigenvalue weighted by Gasteiger charge is -2.25. The highest BCUT2D eigenvalue weighted by atomic mass is 32.2. The lowest BCUT2D eigenvalue weighted by Crippen LogP contribution is -2.42. The zero-order chi connectivity index (χ0) is 11.9. The number of sulfonamides is 1. The molecule has 0 radical (unpaired) electrons. The third kappa shape index (κ3) is 5.46. The normalized spacial score (nSPS) is 12.7. The van der Waals surface area contributed by atoms with Gasteiger partial charge in [-0.3, -0.25) is 0 Å². The Hall–Kier alpha value is -0.170. The molecule has 0 spiro atoms. The minimum absolute atomic E-state index is 0.0259. The van der Waals surface area contributed by atoms with Crippen molar-refractivity contribution in [2.45, 2.75) is 19.9 Å². The van der Waals surface area contributed by atoms with Gasteiger partial charge in [-0.2, -0.15) is 4.31 Å². The van der Waals surface area contributed by atoms with E-state index in [0.717, 1.165) is 0 Å². The highest BCUT2D eigenvalue weighted by Gasteiger charge is 2.23. The first-order valence-electron chi connectivity index (χ1n) is 5.08. The molecule has 0 saturated carbocycles. The van der Waals surface area contributed by atoms with Crippen molar-refractivity contribution in [3.63, 3.8) is 0 Å². The van der Waals surface area contributed by atoms with Gasteiger partial charge in [-0.15, -0.1) is 0 Å². The standard InChI is InChI=1S/C9H22N2O3S/c1-9(2)11(6-7-14-4)15(12,13)8-5-10-3/h9-10H,5-8H2,1-4H3. The van der Waals surface area contributed by atoms with Crippen LogP contribution in [0.4, 0.5) is 0 Å². The van der Waals surface area contributed by atoms with Gasteiger partial charge in [0.25, 0.3) is 0 Å². The Morgan fingerprint density at radius 3 is 2.40 bits per heavy atom. The smallest absolute Gasteiger partial charge is 0.215 e. The summed E-state index contributed by atoms with van der Waals surface area (Å²) in [5.41, 5.74) is 0. The van der Waals surface area contributed by atoms with Crippen LogP contribution < -0.4 is 5.32 Å². The Balaban J connectivity index is 4.45. The zero-order valence-electron chi connectivity index (χ0n) is 9.99. The minimum atomic E-state index is -3.17. The Kier molecular flexibility index (Phi) is 7.08. The summed E-state index contributed by atoms with van der Waals surface area (Å²) in [6.45, 7) is 5.05. The third-order valence-corrected chi connectivity index (χ3v) is 4.10. The molecule has 0 saturated heterocycles. The van der Waals surface area contributed by atoms with Crippen molar-refractivity contribution in [2.75, 3.05) is 39.6 Å². The van der Waals surface area contributed by atoms with E-state index < -0.39 is 10.0 Å². The predicted molar refractivity (Wildman–Crippen MR) is 61.4 cm³/mol. The number of hydrogen-bond acceptors (Lipinski definition) is 4. The molecule has 0 aromatic heterocycles. The first-order valence-corrected chi connectivity index (χ1v) is 6.69. The van der Waals surface area contributed by atoms with Crippen molar-refractivity contribution < 1.29 is 13.2 Å². The Bertz CT molecular complexity index is 252. The highest BCUT2D eigenvalue weighted by Crippen LogP contribution is 2.06. The molecule has 15 heavy (non-hydrogen) atoms. The van der Waals surface area contributed by atoms with Crippen LogP contribution in [0.1, 0.15) is 13.8 Å². The van der Waals surface area contributed by atoms with Gasteiger partial charge in [0.1, 0.15) is 0 Å². The molecule has 1 N–H and O–H groups in total. The van der Waals surface area contributed by atoms with Gasteiger partial charge in [0.15, 0.2) is 0 Å². The molecule has 0 bridgehead atoms. The van der Waals surface area contributed by atoms with Crippen LogP contribution in [-0.2, 0) is 14.8 Å². The lowest BCUT2D eigenvalue weighted by atomic mass is 10.4. The topological polar surface area (TPSA) is 58.6 Å². The molecule has 0 aliphatic heterocycles. The van der Waals surface area contributed by atoms with Crippen LogP contribution in [0.15, 0.2) is 0 Å². The molecule has 6 heteroatoms. The zero-order valence-corrected chi connectivity index (χ0v) is 10.8. The molecule has 0 aromatic carbocycles. The molecule has 0 rings (SSSR count). The van der Waals surface area contributed by atoms with Gasteiger partial charge in [-0.05, 0) is 20.9 Å². The second kappa shape index (κ2) is 7.16. The van der Waals surface area contributed by atoms with E-state index in [0.29, 0.717) is 19.7 Å². The maximum absolute atomic E-state index is 11.9. The summed E-state index contributed by atoms with van der Waals surface area (Å²) in [7, 11) is 0.143. The van der Waals surface area contributed by atoms with Crippen LogP contribution in [-0.4, -0.2) is 58.4 Å². The van der Waals surface area contributed by atoms with Gasteiger partial charge in [-0.25, -0.2) is 8.42 Å². The van der Waals surface area contributed by atoms with Gasteiger partial charge in [0.05, 0.1) is 12.4 Å². The van der Waals surface area contributed by atoms with Gasteiger partial charge >= 0.3 is 0 Å². The van der Waals surface area contributed by atoms with Crippen molar-refractivity contribution in [3.05, 3.63) is 0 Å². The maximum atomic E-state index is 11.9. The van der Waals surface area contributed by atoms with Gasteiger partial charge in [-0.1, -0.05) is 0 Å². The highest BCUT2D eigenvalue weighted by molar-refractivity contribution is 7.89. The fraction of sp³-hybridized carbons (Fsp3) is 1.00. The Labute approximate surface area is 92.8 Å². The maximum Gasteiger partial charge on any atom is 0.215 e. The monoisotopic (exact) mass is 238 g/mol. The quantitative estimate of drug-likeness (QED) is 0.641. The number of rotatable bonds is 8. The molecule has 0 heterocycles. The second-order valence-electron chi connectivity index (χ2n) is 3.62. The average molecular weight is 238 g/mol. The fourth-order valence-corrected chi connectivity index (χ4v) is 2.94.